The van der Waals surface area contributed by atoms with Crippen LogP contribution in [0.1, 0.15) is 31.1 Å². The van der Waals surface area contributed by atoms with E-state index in [0.717, 1.165) is 6.07 Å². The number of carbonyl (C=O) groups excluding carboxylic acids is 2. The topological polar surface area (TPSA) is 55.4 Å². The number of benzene rings is 1. The van der Waals surface area contributed by atoms with Crippen molar-refractivity contribution < 1.29 is 18.7 Å². The van der Waals surface area contributed by atoms with Gasteiger partial charge in [0.2, 0.25) is 0 Å². The van der Waals surface area contributed by atoms with Gasteiger partial charge in [0.05, 0.1) is 5.02 Å². The maximum absolute atomic E-state index is 13.5. The minimum Gasteiger partial charge on any atom is -0.452 e. The summed E-state index contributed by atoms with van der Waals surface area (Å²) in [6.45, 7) is 5.28. The lowest BCUT2D eigenvalue weighted by Crippen LogP contribution is -2.38. The number of esters is 1. The zero-order valence-corrected chi connectivity index (χ0v) is 12.3. The molecule has 0 heterocycles. The number of ether oxygens (including phenoxy) is 1. The molecule has 0 unspecified atom stereocenters. The zero-order valence-electron chi connectivity index (χ0n) is 11.6. The highest BCUT2D eigenvalue weighted by Gasteiger charge is 2.19. The van der Waals surface area contributed by atoms with E-state index in [1.54, 1.807) is 0 Å². The molecular weight excluding hydrogens is 285 g/mol. The number of nitrogens with one attached hydrogen (secondary N) is 1. The fourth-order valence-corrected chi connectivity index (χ4v) is 1.60. The molecule has 6 heteroatoms. The molecule has 0 aliphatic rings. The second-order valence-electron chi connectivity index (χ2n) is 4.77. The van der Waals surface area contributed by atoms with Crippen LogP contribution in [0.3, 0.4) is 0 Å². The van der Waals surface area contributed by atoms with Crippen LogP contribution in [-0.4, -0.2) is 24.5 Å². The van der Waals surface area contributed by atoms with Crippen molar-refractivity contribution in [2.24, 2.45) is 5.92 Å². The largest absolute Gasteiger partial charge is 0.452 e. The van der Waals surface area contributed by atoms with Gasteiger partial charge in [-0.2, -0.15) is 0 Å². The monoisotopic (exact) mass is 301 g/mol. The molecule has 1 aromatic carbocycles. The zero-order chi connectivity index (χ0) is 15.3. The van der Waals surface area contributed by atoms with Gasteiger partial charge in [-0.05, 0) is 25.0 Å². The van der Waals surface area contributed by atoms with Crippen LogP contribution >= 0.6 is 11.6 Å². The summed E-state index contributed by atoms with van der Waals surface area (Å²) in [7, 11) is 0. The quantitative estimate of drug-likeness (QED) is 0.851. The van der Waals surface area contributed by atoms with Crippen molar-refractivity contribution in [3.8, 4) is 0 Å². The lowest BCUT2D eigenvalue weighted by molar-refractivity contribution is -0.125. The van der Waals surface area contributed by atoms with E-state index in [2.05, 4.69) is 5.32 Å². The van der Waals surface area contributed by atoms with Gasteiger partial charge < -0.3 is 10.1 Å². The van der Waals surface area contributed by atoms with E-state index < -0.39 is 24.3 Å². The van der Waals surface area contributed by atoms with Crippen LogP contribution in [0, 0.1) is 11.7 Å². The first-order valence-corrected chi connectivity index (χ1v) is 6.61. The first-order valence-electron chi connectivity index (χ1n) is 6.23. The van der Waals surface area contributed by atoms with E-state index in [0.29, 0.717) is 0 Å². The minimum absolute atomic E-state index is 0.0433. The van der Waals surface area contributed by atoms with E-state index >= 15 is 0 Å². The Morgan fingerprint density at radius 1 is 1.35 bits per heavy atom. The molecular formula is C14H17ClFNO3. The van der Waals surface area contributed by atoms with Crippen LogP contribution < -0.4 is 5.32 Å². The predicted molar refractivity (Wildman–Crippen MR) is 74.1 cm³/mol. The molecule has 1 N–H and O–H groups in total. The standard InChI is InChI=1S/C14H17ClFNO3/c1-8(2)9(3)17-12(18)7-20-14(19)13-10(15)5-4-6-11(13)16/h4-6,8-9H,7H2,1-3H3,(H,17,18)/t9-/m1/s1. The Morgan fingerprint density at radius 3 is 2.55 bits per heavy atom. The molecule has 0 radical (unpaired) electrons. The average Bonchev–Trinajstić information content (AvgIpc) is 2.36. The molecule has 0 saturated heterocycles. The minimum atomic E-state index is -0.958. The third-order valence-corrected chi connectivity index (χ3v) is 3.20. The number of carbonyl (C=O) groups is 2. The summed E-state index contributed by atoms with van der Waals surface area (Å²) in [4.78, 5) is 23.2. The number of amides is 1. The Kier molecular flexibility index (Phi) is 5.95. The van der Waals surface area contributed by atoms with Gasteiger partial charge in [-0.25, -0.2) is 9.18 Å². The van der Waals surface area contributed by atoms with Crippen LogP contribution in [0.25, 0.3) is 0 Å². The molecule has 0 saturated carbocycles. The first kappa shape index (κ1) is 16.4. The van der Waals surface area contributed by atoms with E-state index in [-0.39, 0.29) is 22.5 Å². The van der Waals surface area contributed by atoms with Crippen molar-refractivity contribution in [3.05, 3.63) is 34.6 Å². The van der Waals surface area contributed by atoms with E-state index in [4.69, 9.17) is 16.3 Å². The van der Waals surface area contributed by atoms with Gasteiger partial charge in [0.25, 0.3) is 5.91 Å². The van der Waals surface area contributed by atoms with Crippen LogP contribution in [0.4, 0.5) is 4.39 Å². The highest BCUT2D eigenvalue weighted by atomic mass is 35.5. The summed E-state index contributed by atoms with van der Waals surface area (Å²) >= 11 is 5.72. The second kappa shape index (κ2) is 7.24. The molecule has 110 valence electrons. The highest BCUT2D eigenvalue weighted by molar-refractivity contribution is 6.33. The van der Waals surface area contributed by atoms with E-state index in [1.807, 2.05) is 20.8 Å². The molecule has 0 aromatic heterocycles. The molecule has 1 amide bonds. The van der Waals surface area contributed by atoms with Crippen molar-refractivity contribution in [2.45, 2.75) is 26.8 Å². The molecule has 1 atom stereocenters. The van der Waals surface area contributed by atoms with Gasteiger partial charge in [-0.3, -0.25) is 4.79 Å². The molecule has 0 fully saturated rings. The lowest BCUT2D eigenvalue weighted by Gasteiger charge is -2.17. The summed E-state index contributed by atoms with van der Waals surface area (Å²) < 4.78 is 18.2. The van der Waals surface area contributed by atoms with Gasteiger partial charge in [-0.15, -0.1) is 0 Å². The van der Waals surface area contributed by atoms with Crippen molar-refractivity contribution in [3.63, 3.8) is 0 Å². The molecule has 0 bridgehead atoms. The first-order chi connectivity index (χ1) is 9.32. The third-order valence-electron chi connectivity index (χ3n) is 2.89. The second-order valence-corrected chi connectivity index (χ2v) is 5.18. The van der Waals surface area contributed by atoms with Gasteiger partial charge >= 0.3 is 5.97 Å². The lowest BCUT2D eigenvalue weighted by atomic mass is 10.1. The van der Waals surface area contributed by atoms with Gasteiger partial charge in [0.1, 0.15) is 11.4 Å². The van der Waals surface area contributed by atoms with Crippen LogP contribution in [0.5, 0.6) is 0 Å². The summed E-state index contributed by atoms with van der Waals surface area (Å²) in [5.41, 5.74) is -0.362. The summed E-state index contributed by atoms with van der Waals surface area (Å²) in [5, 5.41) is 2.62. The van der Waals surface area contributed by atoms with Crippen molar-refractivity contribution >= 4 is 23.5 Å². The van der Waals surface area contributed by atoms with Gasteiger partial charge in [0, 0.05) is 6.04 Å². The van der Waals surface area contributed by atoms with Crippen molar-refractivity contribution in [1.82, 2.24) is 5.32 Å². The Labute approximate surface area is 122 Å². The molecule has 0 spiro atoms. The Bertz CT molecular complexity index is 485. The highest BCUT2D eigenvalue weighted by Crippen LogP contribution is 2.19. The molecule has 4 nitrogen and oxygen atoms in total. The van der Waals surface area contributed by atoms with E-state index in [1.165, 1.54) is 12.1 Å². The predicted octanol–water partition coefficient (Wildman–Crippen LogP) is 2.80. The maximum Gasteiger partial charge on any atom is 0.343 e. The molecule has 1 rings (SSSR count). The fraction of sp³-hybridized carbons (Fsp3) is 0.429. The molecule has 0 aliphatic carbocycles. The third kappa shape index (κ3) is 4.49. The molecule has 20 heavy (non-hydrogen) atoms. The number of hydrogen-bond acceptors (Lipinski definition) is 3. The molecule has 1 aromatic rings. The Balaban J connectivity index is 2.58. The smallest absolute Gasteiger partial charge is 0.343 e. The fourth-order valence-electron chi connectivity index (χ4n) is 1.36. The number of rotatable bonds is 5. The van der Waals surface area contributed by atoms with Crippen molar-refractivity contribution in [1.29, 1.82) is 0 Å². The number of hydrogen-bond donors (Lipinski definition) is 1. The normalized spacial score (nSPS) is 12.1. The SMILES string of the molecule is CC(C)[C@@H](C)NC(=O)COC(=O)c1c(F)cccc1Cl. The maximum atomic E-state index is 13.5. The summed E-state index contributed by atoms with van der Waals surface area (Å²) in [6, 6.07) is 3.81. The average molecular weight is 302 g/mol. The van der Waals surface area contributed by atoms with Crippen LogP contribution in [0.15, 0.2) is 18.2 Å². The van der Waals surface area contributed by atoms with Gasteiger partial charge in [0.15, 0.2) is 6.61 Å². The summed E-state index contributed by atoms with van der Waals surface area (Å²) in [6.07, 6.45) is 0. The van der Waals surface area contributed by atoms with Crippen LogP contribution in [0.2, 0.25) is 5.02 Å². The van der Waals surface area contributed by atoms with E-state index in [9.17, 15) is 14.0 Å². The van der Waals surface area contributed by atoms with Crippen LogP contribution in [-0.2, 0) is 9.53 Å². The Morgan fingerprint density at radius 2 is 2.00 bits per heavy atom. The van der Waals surface area contributed by atoms with Crippen molar-refractivity contribution in [2.75, 3.05) is 6.61 Å². The Hall–Kier alpha value is -1.62. The number of halogens is 2. The van der Waals surface area contributed by atoms with Gasteiger partial charge in [-0.1, -0.05) is 31.5 Å². The molecule has 0 aliphatic heterocycles. The summed E-state index contributed by atoms with van der Waals surface area (Å²) in [5.74, 6) is -1.92.